The topological polar surface area (TPSA) is 116 Å². The van der Waals surface area contributed by atoms with Crippen LogP contribution < -0.4 is 10.6 Å². The molecule has 0 radical (unpaired) electrons. The van der Waals surface area contributed by atoms with Gasteiger partial charge in [-0.15, -0.1) is 0 Å². The molecule has 0 aliphatic carbocycles. The van der Waals surface area contributed by atoms with Crippen LogP contribution in [-0.2, 0) is 32.0 Å². The normalized spacial score (nSPS) is 17.1. The van der Waals surface area contributed by atoms with Crippen molar-refractivity contribution in [3.05, 3.63) is 71.8 Å². The highest BCUT2D eigenvalue weighted by Crippen LogP contribution is 2.19. The number of aliphatic carboxylic acids is 1. The molecule has 1 heterocycles. The zero-order valence-corrected chi connectivity index (χ0v) is 18.6. The van der Waals surface area contributed by atoms with Crippen molar-refractivity contribution in [3.63, 3.8) is 0 Å². The highest BCUT2D eigenvalue weighted by molar-refractivity contribution is 5.93. The predicted octanol–water partition coefficient (Wildman–Crippen LogP) is 1.54. The Morgan fingerprint density at radius 2 is 1.58 bits per heavy atom. The third-order valence-electron chi connectivity index (χ3n) is 5.70. The maximum atomic E-state index is 13.2. The molecule has 174 valence electrons. The van der Waals surface area contributed by atoms with E-state index in [9.17, 15) is 24.3 Å². The molecule has 33 heavy (non-hydrogen) atoms. The number of amides is 3. The minimum Gasteiger partial charge on any atom is -0.480 e. The summed E-state index contributed by atoms with van der Waals surface area (Å²) in [6, 6.07) is 15.7. The maximum absolute atomic E-state index is 13.2. The fourth-order valence-electron chi connectivity index (χ4n) is 3.97. The summed E-state index contributed by atoms with van der Waals surface area (Å²) in [6.07, 6.45) is 1.34. The molecule has 0 bridgehead atoms. The van der Waals surface area contributed by atoms with E-state index in [0.29, 0.717) is 19.4 Å². The molecule has 1 aliphatic rings. The van der Waals surface area contributed by atoms with Gasteiger partial charge in [0, 0.05) is 13.0 Å². The van der Waals surface area contributed by atoms with Crippen molar-refractivity contribution in [1.82, 2.24) is 15.5 Å². The van der Waals surface area contributed by atoms with E-state index in [1.165, 1.54) is 4.90 Å². The second kappa shape index (κ2) is 11.3. The first-order chi connectivity index (χ1) is 15.8. The number of hydrogen-bond acceptors (Lipinski definition) is 4. The Labute approximate surface area is 193 Å². The fraction of sp³-hybridized carbons (Fsp3) is 0.360. The molecule has 1 saturated heterocycles. The summed E-state index contributed by atoms with van der Waals surface area (Å²) in [5, 5.41) is 14.9. The summed E-state index contributed by atoms with van der Waals surface area (Å²) in [6.45, 7) is 1.89. The lowest BCUT2D eigenvalue weighted by Gasteiger charge is -2.28. The number of nitrogens with one attached hydrogen (secondary N) is 2. The molecule has 3 unspecified atom stereocenters. The highest BCUT2D eigenvalue weighted by Gasteiger charge is 2.38. The van der Waals surface area contributed by atoms with Crippen molar-refractivity contribution in [2.45, 2.75) is 50.7 Å². The second-order valence-electron chi connectivity index (χ2n) is 8.23. The maximum Gasteiger partial charge on any atom is 0.326 e. The predicted molar refractivity (Wildman–Crippen MR) is 122 cm³/mol. The van der Waals surface area contributed by atoms with Crippen LogP contribution in [0.4, 0.5) is 0 Å². The van der Waals surface area contributed by atoms with Gasteiger partial charge in [-0.05, 0) is 30.9 Å². The van der Waals surface area contributed by atoms with Gasteiger partial charge in [-0.25, -0.2) is 4.79 Å². The standard InChI is InChI=1S/C25H29N3O5/c1-17(26-22(29)16-19-11-6-3-7-12-19)23(30)27-20(15-18-9-4-2-5-10-18)24(31)28-14-8-13-21(28)25(32)33/h2-7,9-12,17,20-21H,8,13-16H2,1H3,(H,26,29)(H,27,30)(H,32,33). The van der Waals surface area contributed by atoms with Gasteiger partial charge < -0.3 is 20.6 Å². The average molecular weight is 452 g/mol. The van der Waals surface area contributed by atoms with Gasteiger partial charge in [0.25, 0.3) is 0 Å². The Hall–Kier alpha value is -3.68. The fourth-order valence-corrected chi connectivity index (χ4v) is 3.97. The van der Waals surface area contributed by atoms with Gasteiger partial charge in [-0.3, -0.25) is 14.4 Å². The minimum atomic E-state index is -1.05. The molecular formula is C25H29N3O5. The van der Waals surface area contributed by atoms with Gasteiger partial charge in [-0.2, -0.15) is 0 Å². The first-order valence-electron chi connectivity index (χ1n) is 11.1. The monoisotopic (exact) mass is 451 g/mol. The number of carbonyl (C=O) groups is 4. The molecule has 3 atom stereocenters. The van der Waals surface area contributed by atoms with Crippen LogP contribution in [0.15, 0.2) is 60.7 Å². The lowest BCUT2D eigenvalue weighted by atomic mass is 10.0. The van der Waals surface area contributed by atoms with E-state index in [4.69, 9.17) is 0 Å². The number of carboxylic acid groups (broad SMARTS) is 1. The van der Waals surface area contributed by atoms with Crippen molar-refractivity contribution in [1.29, 1.82) is 0 Å². The van der Waals surface area contributed by atoms with E-state index in [1.807, 2.05) is 60.7 Å². The summed E-state index contributed by atoms with van der Waals surface area (Å²) in [7, 11) is 0. The van der Waals surface area contributed by atoms with E-state index in [1.54, 1.807) is 6.92 Å². The lowest BCUT2D eigenvalue weighted by molar-refractivity contribution is -0.149. The Morgan fingerprint density at radius 1 is 0.970 bits per heavy atom. The van der Waals surface area contributed by atoms with Crippen LogP contribution in [0.25, 0.3) is 0 Å². The molecule has 0 saturated carbocycles. The minimum absolute atomic E-state index is 0.138. The molecule has 1 fully saturated rings. The molecule has 8 heteroatoms. The lowest BCUT2D eigenvalue weighted by Crippen LogP contribution is -2.56. The van der Waals surface area contributed by atoms with Gasteiger partial charge in [0.2, 0.25) is 17.7 Å². The summed E-state index contributed by atoms with van der Waals surface area (Å²) in [5.74, 6) is -2.29. The Morgan fingerprint density at radius 3 is 2.18 bits per heavy atom. The van der Waals surface area contributed by atoms with Gasteiger partial charge in [-0.1, -0.05) is 60.7 Å². The van der Waals surface area contributed by atoms with Crippen LogP contribution in [0.5, 0.6) is 0 Å². The van der Waals surface area contributed by atoms with Crippen LogP contribution in [-0.4, -0.2) is 58.4 Å². The van der Waals surface area contributed by atoms with Gasteiger partial charge in [0.15, 0.2) is 0 Å². The Kier molecular flexibility index (Phi) is 8.18. The molecule has 3 N–H and O–H groups in total. The molecule has 8 nitrogen and oxygen atoms in total. The number of nitrogens with zero attached hydrogens (tertiary/aromatic N) is 1. The van der Waals surface area contributed by atoms with E-state index < -0.39 is 35.9 Å². The number of hydrogen-bond donors (Lipinski definition) is 3. The van der Waals surface area contributed by atoms with E-state index in [0.717, 1.165) is 11.1 Å². The summed E-state index contributed by atoms with van der Waals surface area (Å²) >= 11 is 0. The first-order valence-corrected chi connectivity index (χ1v) is 11.1. The third kappa shape index (κ3) is 6.65. The van der Waals surface area contributed by atoms with E-state index in [-0.39, 0.29) is 18.7 Å². The zero-order chi connectivity index (χ0) is 23.8. The van der Waals surface area contributed by atoms with Gasteiger partial charge >= 0.3 is 5.97 Å². The SMILES string of the molecule is CC(NC(=O)Cc1ccccc1)C(=O)NC(Cc1ccccc1)C(=O)N1CCCC1C(=O)O. The number of benzene rings is 2. The highest BCUT2D eigenvalue weighted by atomic mass is 16.4. The Balaban J connectivity index is 1.68. The van der Waals surface area contributed by atoms with Crippen LogP contribution >= 0.6 is 0 Å². The smallest absolute Gasteiger partial charge is 0.326 e. The van der Waals surface area contributed by atoms with E-state index >= 15 is 0 Å². The molecule has 3 rings (SSSR count). The van der Waals surface area contributed by atoms with Crippen molar-refractivity contribution < 1.29 is 24.3 Å². The van der Waals surface area contributed by atoms with Crippen LogP contribution in [0.2, 0.25) is 0 Å². The van der Waals surface area contributed by atoms with Gasteiger partial charge in [0.1, 0.15) is 18.1 Å². The molecule has 2 aromatic carbocycles. The first kappa shape index (κ1) is 24.0. The van der Waals surface area contributed by atoms with E-state index in [2.05, 4.69) is 10.6 Å². The molecule has 3 amide bonds. The molecule has 0 spiro atoms. The number of carbonyl (C=O) groups excluding carboxylic acids is 3. The third-order valence-corrected chi connectivity index (χ3v) is 5.70. The molecular weight excluding hydrogens is 422 g/mol. The zero-order valence-electron chi connectivity index (χ0n) is 18.6. The van der Waals surface area contributed by atoms with Crippen LogP contribution in [0.1, 0.15) is 30.9 Å². The second-order valence-corrected chi connectivity index (χ2v) is 8.23. The van der Waals surface area contributed by atoms with Crippen molar-refractivity contribution in [3.8, 4) is 0 Å². The van der Waals surface area contributed by atoms with Crippen molar-refractivity contribution >= 4 is 23.7 Å². The Bertz CT molecular complexity index is 980. The van der Waals surface area contributed by atoms with Crippen LogP contribution in [0, 0.1) is 0 Å². The molecule has 2 aromatic rings. The summed E-state index contributed by atoms with van der Waals surface area (Å²) < 4.78 is 0. The number of rotatable bonds is 9. The van der Waals surface area contributed by atoms with Crippen molar-refractivity contribution in [2.24, 2.45) is 0 Å². The quantitative estimate of drug-likeness (QED) is 0.535. The largest absolute Gasteiger partial charge is 0.480 e. The average Bonchev–Trinajstić information content (AvgIpc) is 3.29. The molecule has 1 aliphatic heterocycles. The molecule has 0 aromatic heterocycles. The summed E-state index contributed by atoms with van der Waals surface area (Å²) in [4.78, 5) is 51.3. The number of carboxylic acids is 1. The van der Waals surface area contributed by atoms with Crippen molar-refractivity contribution in [2.75, 3.05) is 6.54 Å². The van der Waals surface area contributed by atoms with Crippen LogP contribution in [0.3, 0.4) is 0 Å². The summed E-state index contributed by atoms with van der Waals surface area (Å²) in [5.41, 5.74) is 1.66. The number of likely N-dealkylation sites (tertiary alicyclic amines) is 1. The van der Waals surface area contributed by atoms with Gasteiger partial charge in [0.05, 0.1) is 6.42 Å².